The number of rotatable bonds is 7. The molecule has 2 aliphatic rings. The van der Waals surface area contributed by atoms with Gasteiger partial charge in [-0.3, -0.25) is 0 Å². The summed E-state index contributed by atoms with van der Waals surface area (Å²) in [4.78, 5) is 0.863. The Morgan fingerprint density at radius 1 is 0.302 bits per heavy atom. The van der Waals surface area contributed by atoms with Crippen molar-refractivity contribution in [2.75, 3.05) is 6.54 Å². The Labute approximate surface area is 339 Å². The molecule has 0 saturated heterocycles. The lowest BCUT2D eigenvalue weighted by Crippen LogP contribution is -3.20. The molecule has 2 saturated carbocycles. The summed E-state index contributed by atoms with van der Waals surface area (Å²) >= 11 is 0. The van der Waals surface area contributed by atoms with Crippen molar-refractivity contribution in [2.24, 2.45) is 0 Å². The van der Waals surface area contributed by atoms with Crippen LogP contribution in [-0.4, -0.2) is 31.0 Å². The molecule has 0 aromatic heterocycles. The van der Waals surface area contributed by atoms with E-state index in [1.165, 1.54) is 12.8 Å². The molecule has 63 heavy (non-hydrogen) atoms. The number of alkyl halides is 3. The standard InChI is InChI=1S/C24BF20.C14H24F3N/c26-5-1(6(27)14(35)21(42)13(5)34)25(2-7(28)15(36)22(43)16(37)8(2)29,3-9(30)17(38)23(44)18(39)10(3)31)4-11(32)19(40)24(45)20(41)12(4)33;15-14(16,17)11-18(12-7-3-1-4-8-12)13-9-5-2-6-10-13/h;12-13H,1-11H2/q-1;/p+1. The first-order chi connectivity index (χ1) is 29.3. The molecule has 4 aromatic rings. The van der Waals surface area contributed by atoms with Gasteiger partial charge in [-0.15, -0.1) is 21.9 Å². The number of nitrogens with one attached hydrogen (secondary N) is 1. The number of benzene rings is 4. The smallest absolute Gasteiger partial charge is 0.323 e. The first-order valence-electron chi connectivity index (χ1n) is 18.4. The van der Waals surface area contributed by atoms with E-state index in [1.807, 2.05) is 0 Å². The molecule has 0 unspecified atom stereocenters. The van der Waals surface area contributed by atoms with Gasteiger partial charge in [0.1, 0.15) is 52.7 Å². The van der Waals surface area contributed by atoms with Gasteiger partial charge in [0.25, 0.3) is 0 Å². The van der Waals surface area contributed by atoms with E-state index in [2.05, 4.69) is 0 Å². The molecule has 0 aliphatic heterocycles. The normalized spacial score (nSPS) is 15.6. The van der Waals surface area contributed by atoms with Gasteiger partial charge in [0, 0.05) is 0 Å². The maximum absolute atomic E-state index is 15.4. The molecule has 346 valence electrons. The van der Waals surface area contributed by atoms with E-state index in [-0.39, 0.29) is 12.1 Å². The summed E-state index contributed by atoms with van der Waals surface area (Å²) in [6.07, 6.45) is -0.307. The topological polar surface area (TPSA) is 4.44 Å². The molecule has 2 aliphatic carbocycles. The third-order valence-corrected chi connectivity index (χ3v) is 11.4. The molecule has 0 amide bonds. The molecule has 0 radical (unpaired) electrons. The molecule has 6 rings (SSSR count). The molecular weight excluding hydrogens is 918 g/mol. The van der Waals surface area contributed by atoms with Crippen molar-refractivity contribution in [2.45, 2.75) is 82.5 Å². The third-order valence-electron chi connectivity index (χ3n) is 11.4. The molecule has 25 heteroatoms. The molecule has 1 nitrogen and oxygen atoms in total. The first-order valence-corrected chi connectivity index (χ1v) is 18.4. The average molecular weight is 943 g/mol. The van der Waals surface area contributed by atoms with Gasteiger partial charge in [-0.05, 0) is 51.4 Å². The van der Waals surface area contributed by atoms with Crippen molar-refractivity contribution >= 4 is 28.0 Å². The monoisotopic (exact) mass is 943 g/mol. The summed E-state index contributed by atoms with van der Waals surface area (Å²) in [5, 5.41) is 0. The van der Waals surface area contributed by atoms with Crippen molar-refractivity contribution in [3.05, 3.63) is 116 Å². The molecule has 2 fully saturated rings. The van der Waals surface area contributed by atoms with Gasteiger partial charge < -0.3 is 4.90 Å². The maximum Gasteiger partial charge on any atom is 0.438 e. The highest BCUT2D eigenvalue weighted by molar-refractivity contribution is 7.20. The zero-order chi connectivity index (χ0) is 47.4. The lowest BCUT2D eigenvalue weighted by Gasteiger charge is -2.44. The summed E-state index contributed by atoms with van der Waals surface area (Å²) in [6, 6.07) is 0.534. The fourth-order valence-electron chi connectivity index (χ4n) is 8.67. The van der Waals surface area contributed by atoms with Crippen molar-refractivity contribution in [1.29, 1.82) is 0 Å². The minimum absolute atomic E-state index is 0.267. The van der Waals surface area contributed by atoms with Gasteiger partial charge >= 0.3 is 6.18 Å². The fraction of sp³-hybridized carbons (Fsp3) is 0.368. The number of hydrogen-bond donors (Lipinski definition) is 1. The quantitative estimate of drug-likeness (QED) is 0.0818. The summed E-state index contributed by atoms with van der Waals surface area (Å²) in [7, 11) is 0. The Hall–Kier alpha value is -4.71. The zero-order valence-electron chi connectivity index (χ0n) is 31.2. The summed E-state index contributed by atoms with van der Waals surface area (Å²) in [5.74, 6) is -71.4. The van der Waals surface area contributed by atoms with Crippen LogP contribution in [0.4, 0.5) is 101 Å². The van der Waals surface area contributed by atoms with Crippen LogP contribution in [0.25, 0.3) is 0 Å². The summed E-state index contributed by atoms with van der Waals surface area (Å²) < 4.78 is 332. The van der Waals surface area contributed by atoms with Crippen LogP contribution < -0.4 is 26.8 Å². The lowest BCUT2D eigenvalue weighted by molar-refractivity contribution is -0.961. The van der Waals surface area contributed by atoms with E-state index in [9.17, 15) is 65.9 Å². The van der Waals surface area contributed by atoms with Crippen LogP contribution in [0.2, 0.25) is 0 Å². The predicted molar refractivity (Wildman–Crippen MR) is 175 cm³/mol. The predicted octanol–water partition coefficient (Wildman–Crippen LogP) is 8.95. The Balaban J connectivity index is 0.000000345. The van der Waals surface area contributed by atoms with Crippen LogP contribution >= 0.6 is 0 Å². The summed E-state index contributed by atoms with van der Waals surface area (Å²) in [5.41, 5.74) is -14.3. The van der Waals surface area contributed by atoms with E-state index >= 15 is 35.1 Å². The van der Waals surface area contributed by atoms with E-state index in [0.717, 1.165) is 56.3 Å². The van der Waals surface area contributed by atoms with E-state index in [0.29, 0.717) is 0 Å². The van der Waals surface area contributed by atoms with Crippen molar-refractivity contribution in [3.63, 3.8) is 0 Å². The molecule has 0 heterocycles. The molecule has 0 bridgehead atoms. The van der Waals surface area contributed by atoms with Gasteiger partial charge in [-0.1, -0.05) is 12.8 Å². The van der Waals surface area contributed by atoms with Crippen LogP contribution in [0, 0.1) is 116 Å². The molecule has 0 atom stereocenters. The Morgan fingerprint density at radius 3 is 0.651 bits per heavy atom. The average Bonchev–Trinajstić information content (AvgIpc) is 3.26. The minimum atomic E-state index is -7.22. The number of hydrogen-bond acceptors (Lipinski definition) is 0. The molecule has 0 spiro atoms. The van der Waals surface area contributed by atoms with Crippen LogP contribution in [0.1, 0.15) is 64.2 Å². The van der Waals surface area contributed by atoms with Crippen LogP contribution in [0.5, 0.6) is 0 Å². The number of halogens is 23. The molecule has 1 N–H and O–H groups in total. The fourth-order valence-corrected chi connectivity index (χ4v) is 8.67. The van der Waals surface area contributed by atoms with Gasteiger partial charge in [-0.25, -0.2) is 87.8 Å². The van der Waals surface area contributed by atoms with Crippen LogP contribution in [0.3, 0.4) is 0 Å². The van der Waals surface area contributed by atoms with E-state index < -0.39 is 157 Å². The molecule has 4 aromatic carbocycles. The van der Waals surface area contributed by atoms with Gasteiger partial charge in [0.05, 0.1) is 12.1 Å². The second-order valence-corrected chi connectivity index (χ2v) is 14.8. The Kier molecular flexibility index (Phi) is 14.4. The van der Waals surface area contributed by atoms with Crippen molar-refractivity contribution in [3.8, 4) is 0 Å². The Bertz CT molecular complexity index is 2000. The van der Waals surface area contributed by atoms with Gasteiger partial charge in [0.15, 0.2) is 76.4 Å². The van der Waals surface area contributed by atoms with E-state index in [4.69, 9.17) is 0 Å². The second-order valence-electron chi connectivity index (χ2n) is 14.8. The SMILES string of the molecule is FC(F)(F)C[NH+](C1CCCCC1)C1CCCCC1.Fc1c(F)c(F)c([B-](c2c(F)c(F)c(F)c(F)c2F)(c2c(F)c(F)c(F)c(F)c2F)c2c(F)c(F)c(F)c(F)c2F)c(F)c1F. The lowest BCUT2D eigenvalue weighted by atomic mass is 9.12. The van der Waals surface area contributed by atoms with Crippen molar-refractivity contribution in [1.82, 2.24) is 0 Å². The van der Waals surface area contributed by atoms with Crippen molar-refractivity contribution < 1.29 is 106 Å². The highest BCUT2D eigenvalue weighted by Gasteiger charge is 2.52. The maximum atomic E-state index is 15.4. The Morgan fingerprint density at radius 2 is 0.476 bits per heavy atom. The van der Waals surface area contributed by atoms with Gasteiger partial charge in [-0.2, -0.15) is 13.2 Å². The van der Waals surface area contributed by atoms with E-state index in [1.54, 1.807) is 0 Å². The third kappa shape index (κ3) is 8.41. The van der Waals surface area contributed by atoms with Gasteiger partial charge in [0.2, 0.25) is 0 Å². The number of quaternary nitrogens is 1. The highest BCUT2D eigenvalue weighted by Crippen LogP contribution is 2.31. The van der Waals surface area contributed by atoms with Crippen LogP contribution in [-0.2, 0) is 0 Å². The summed E-state index contributed by atoms with van der Waals surface area (Å²) in [6.45, 7) is -0.609. The largest absolute Gasteiger partial charge is 0.438 e. The zero-order valence-corrected chi connectivity index (χ0v) is 31.2. The molecular formula is C38H25BF23N. The second kappa shape index (κ2) is 18.4. The first kappa shape index (κ1) is 49.3. The highest BCUT2D eigenvalue weighted by atomic mass is 19.4. The van der Waals surface area contributed by atoms with Crippen LogP contribution in [0.15, 0.2) is 0 Å². The minimum Gasteiger partial charge on any atom is -0.323 e.